The first-order valence-electron chi connectivity index (χ1n) is 10.4. The van der Waals surface area contributed by atoms with E-state index in [0.29, 0.717) is 11.8 Å². The van der Waals surface area contributed by atoms with Crippen molar-refractivity contribution in [2.75, 3.05) is 24.2 Å². The number of rotatable bonds is 7. The van der Waals surface area contributed by atoms with E-state index in [1.54, 1.807) is 0 Å². The van der Waals surface area contributed by atoms with Crippen molar-refractivity contribution in [1.82, 2.24) is 19.7 Å². The number of nitrogens with zero attached hydrogens (tertiary/aromatic N) is 4. The molecule has 0 spiro atoms. The Hall–Kier alpha value is -2.80. The van der Waals surface area contributed by atoms with Gasteiger partial charge in [0.15, 0.2) is 11.0 Å². The van der Waals surface area contributed by atoms with E-state index in [-0.39, 0.29) is 5.91 Å². The minimum Gasteiger partial charge on any atom is -0.380 e. The SMILES string of the molecule is CCn1c(SCC(=O)N2CCC(Nc3ccccc3)C2)nnc1-c1ccccc1C. The Labute approximate surface area is 181 Å². The topological polar surface area (TPSA) is 63.1 Å². The molecule has 156 valence electrons. The first kappa shape index (κ1) is 20.5. The zero-order valence-electron chi connectivity index (χ0n) is 17.4. The van der Waals surface area contributed by atoms with Crippen LogP contribution in [0, 0.1) is 6.92 Å². The van der Waals surface area contributed by atoms with Crippen LogP contribution in [0.2, 0.25) is 0 Å². The van der Waals surface area contributed by atoms with Crippen molar-refractivity contribution in [3.8, 4) is 11.4 Å². The molecule has 1 aromatic heterocycles. The number of carbonyl (C=O) groups is 1. The van der Waals surface area contributed by atoms with Crippen LogP contribution in [-0.4, -0.2) is 50.5 Å². The summed E-state index contributed by atoms with van der Waals surface area (Å²) in [6, 6.07) is 18.6. The number of hydrogen-bond acceptors (Lipinski definition) is 5. The summed E-state index contributed by atoms with van der Waals surface area (Å²) in [5.41, 5.74) is 3.35. The summed E-state index contributed by atoms with van der Waals surface area (Å²) in [6.45, 7) is 6.45. The average molecular weight is 422 g/mol. The van der Waals surface area contributed by atoms with E-state index in [0.717, 1.165) is 48.3 Å². The molecule has 0 radical (unpaired) electrons. The zero-order valence-corrected chi connectivity index (χ0v) is 18.2. The zero-order chi connectivity index (χ0) is 20.9. The molecule has 2 aromatic carbocycles. The standard InChI is InChI=1S/C23H27N5OS/c1-3-28-22(20-12-8-7-9-17(20)2)25-26-23(28)30-16-21(29)27-14-13-19(15-27)24-18-10-5-4-6-11-18/h4-12,19,24H,3,13-16H2,1-2H3. The largest absolute Gasteiger partial charge is 0.380 e. The second kappa shape index (κ2) is 9.34. The van der Waals surface area contributed by atoms with Gasteiger partial charge in [-0.25, -0.2) is 0 Å². The van der Waals surface area contributed by atoms with Crippen molar-refractivity contribution in [3.63, 3.8) is 0 Å². The van der Waals surface area contributed by atoms with E-state index in [9.17, 15) is 4.79 Å². The van der Waals surface area contributed by atoms with Gasteiger partial charge >= 0.3 is 0 Å². The summed E-state index contributed by atoms with van der Waals surface area (Å²) >= 11 is 1.47. The predicted molar refractivity (Wildman–Crippen MR) is 122 cm³/mol. The van der Waals surface area contributed by atoms with Crippen molar-refractivity contribution >= 4 is 23.4 Å². The quantitative estimate of drug-likeness (QED) is 0.583. The van der Waals surface area contributed by atoms with Crippen LogP contribution in [0.3, 0.4) is 0 Å². The molecule has 6 nitrogen and oxygen atoms in total. The van der Waals surface area contributed by atoms with Crippen LogP contribution >= 0.6 is 11.8 Å². The van der Waals surface area contributed by atoms with E-state index in [2.05, 4.69) is 58.2 Å². The van der Waals surface area contributed by atoms with Crippen molar-refractivity contribution < 1.29 is 4.79 Å². The third-order valence-corrected chi connectivity index (χ3v) is 6.38. The summed E-state index contributed by atoms with van der Waals surface area (Å²) in [6.07, 6.45) is 0.966. The molecular formula is C23H27N5OS. The molecular weight excluding hydrogens is 394 g/mol. The lowest BCUT2D eigenvalue weighted by molar-refractivity contribution is -0.127. The molecule has 0 aliphatic carbocycles. The van der Waals surface area contributed by atoms with E-state index in [4.69, 9.17) is 0 Å². The number of anilines is 1. The summed E-state index contributed by atoms with van der Waals surface area (Å²) in [5, 5.41) is 13.1. The molecule has 3 aromatic rings. The van der Waals surface area contributed by atoms with Gasteiger partial charge < -0.3 is 14.8 Å². The van der Waals surface area contributed by atoms with E-state index in [1.807, 2.05) is 35.2 Å². The number of nitrogens with one attached hydrogen (secondary N) is 1. The number of aryl methyl sites for hydroxylation is 1. The maximum Gasteiger partial charge on any atom is 0.233 e. The van der Waals surface area contributed by atoms with Crippen molar-refractivity contribution in [2.45, 2.75) is 38.0 Å². The number of carbonyl (C=O) groups excluding carboxylic acids is 1. The minimum absolute atomic E-state index is 0.153. The fourth-order valence-electron chi connectivity index (χ4n) is 3.80. The second-order valence-electron chi connectivity index (χ2n) is 7.49. The summed E-state index contributed by atoms with van der Waals surface area (Å²) in [4.78, 5) is 14.7. The van der Waals surface area contributed by atoms with Gasteiger partial charge in [-0.05, 0) is 38.0 Å². The maximum absolute atomic E-state index is 12.8. The Bertz CT molecular complexity index is 1000. The van der Waals surface area contributed by atoms with Crippen LogP contribution in [0.1, 0.15) is 18.9 Å². The molecule has 1 N–H and O–H groups in total. The molecule has 4 rings (SSSR count). The number of aromatic nitrogens is 3. The number of para-hydroxylation sites is 1. The minimum atomic E-state index is 0.153. The lowest BCUT2D eigenvalue weighted by atomic mass is 10.1. The number of likely N-dealkylation sites (tertiary alicyclic amines) is 1. The van der Waals surface area contributed by atoms with E-state index < -0.39 is 0 Å². The maximum atomic E-state index is 12.8. The molecule has 1 atom stereocenters. The molecule has 7 heteroatoms. The molecule has 1 amide bonds. The van der Waals surface area contributed by atoms with Crippen molar-refractivity contribution in [1.29, 1.82) is 0 Å². The highest BCUT2D eigenvalue weighted by atomic mass is 32.2. The van der Waals surface area contributed by atoms with Crippen LogP contribution in [0.4, 0.5) is 5.69 Å². The average Bonchev–Trinajstić information content (AvgIpc) is 3.40. The Morgan fingerprint density at radius 2 is 1.90 bits per heavy atom. The van der Waals surface area contributed by atoms with Crippen molar-refractivity contribution in [2.24, 2.45) is 0 Å². The van der Waals surface area contributed by atoms with Crippen LogP contribution in [0.15, 0.2) is 59.8 Å². The fraction of sp³-hybridized carbons (Fsp3) is 0.348. The van der Waals surface area contributed by atoms with Gasteiger partial charge in [-0.15, -0.1) is 10.2 Å². The molecule has 30 heavy (non-hydrogen) atoms. The Kier molecular flexibility index (Phi) is 6.38. The van der Waals surface area contributed by atoms with Gasteiger partial charge in [0.25, 0.3) is 0 Å². The van der Waals surface area contributed by atoms with Gasteiger partial charge in [0.1, 0.15) is 0 Å². The third-order valence-electron chi connectivity index (χ3n) is 5.43. The lowest BCUT2D eigenvalue weighted by Crippen LogP contribution is -2.32. The van der Waals surface area contributed by atoms with Crippen LogP contribution in [0.5, 0.6) is 0 Å². The van der Waals surface area contributed by atoms with Gasteiger partial charge in [0, 0.05) is 36.9 Å². The third kappa shape index (κ3) is 4.51. The number of thioether (sulfide) groups is 1. The Morgan fingerprint density at radius 3 is 2.67 bits per heavy atom. The predicted octanol–water partition coefficient (Wildman–Crippen LogP) is 4.08. The number of hydrogen-bond donors (Lipinski definition) is 1. The normalized spacial score (nSPS) is 16.1. The smallest absolute Gasteiger partial charge is 0.233 e. The van der Waals surface area contributed by atoms with Crippen molar-refractivity contribution in [3.05, 3.63) is 60.2 Å². The molecule has 0 bridgehead atoms. The highest BCUT2D eigenvalue weighted by Crippen LogP contribution is 2.26. The Morgan fingerprint density at radius 1 is 1.13 bits per heavy atom. The van der Waals surface area contributed by atoms with Gasteiger partial charge in [-0.2, -0.15) is 0 Å². The molecule has 1 fully saturated rings. The van der Waals surface area contributed by atoms with Gasteiger partial charge in [0.05, 0.1) is 5.75 Å². The van der Waals surface area contributed by atoms with Gasteiger partial charge in [0.2, 0.25) is 5.91 Å². The fourth-order valence-corrected chi connectivity index (χ4v) is 4.70. The number of amides is 1. The van der Waals surface area contributed by atoms with Crippen LogP contribution < -0.4 is 5.32 Å². The first-order chi connectivity index (χ1) is 14.7. The van der Waals surface area contributed by atoms with Crippen LogP contribution in [-0.2, 0) is 11.3 Å². The molecule has 1 aliphatic heterocycles. The molecule has 1 unspecified atom stereocenters. The molecule has 1 saturated heterocycles. The van der Waals surface area contributed by atoms with E-state index in [1.165, 1.54) is 17.3 Å². The number of benzene rings is 2. The van der Waals surface area contributed by atoms with Crippen LogP contribution in [0.25, 0.3) is 11.4 Å². The molecule has 0 saturated carbocycles. The Balaban J connectivity index is 1.36. The van der Waals surface area contributed by atoms with E-state index >= 15 is 0 Å². The summed E-state index contributed by atoms with van der Waals surface area (Å²) in [5.74, 6) is 1.39. The monoisotopic (exact) mass is 421 g/mol. The van der Waals surface area contributed by atoms with Gasteiger partial charge in [-0.3, -0.25) is 4.79 Å². The lowest BCUT2D eigenvalue weighted by Gasteiger charge is -2.17. The summed E-state index contributed by atoms with van der Waals surface area (Å²) in [7, 11) is 0. The molecule has 1 aliphatic rings. The molecule has 2 heterocycles. The summed E-state index contributed by atoms with van der Waals surface area (Å²) < 4.78 is 2.09. The second-order valence-corrected chi connectivity index (χ2v) is 8.43. The highest BCUT2D eigenvalue weighted by molar-refractivity contribution is 7.99. The van der Waals surface area contributed by atoms with Gasteiger partial charge in [-0.1, -0.05) is 54.2 Å². The first-order valence-corrected chi connectivity index (χ1v) is 11.4. The highest BCUT2D eigenvalue weighted by Gasteiger charge is 2.26.